The number of amides is 1. The number of aromatic nitrogens is 2. The molecule has 0 unspecified atom stereocenters. The Hall–Kier alpha value is -1.79. The van der Waals surface area contributed by atoms with Gasteiger partial charge in [-0.15, -0.1) is 0 Å². The molecule has 1 aromatic heterocycles. The third-order valence-corrected chi connectivity index (χ3v) is 3.07. The molecule has 104 valence electrons. The maximum Gasteiger partial charge on any atom is 0.241 e. The molecular formula is C13H12ClN3O2S. The van der Waals surface area contributed by atoms with Gasteiger partial charge in [-0.25, -0.2) is 9.97 Å². The van der Waals surface area contributed by atoms with Crippen LogP contribution in [0.1, 0.15) is 0 Å². The molecule has 5 nitrogen and oxygen atoms in total. The molecule has 1 amide bonds. The fourth-order valence-corrected chi connectivity index (χ4v) is 1.90. The molecule has 0 saturated heterocycles. The third-order valence-electron chi connectivity index (χ3n) is 2.26. The van der Waals surface area contributed by atoms with Gasteiger partial charge in [0.1, 0.15) is 17.1 Å². The number of thioether (sulfide) groups is 1. The van der Waals surface area contributed by atoms with Gasteiger partial charge < -0.3 is 10.1 Å². The van der Waals surface area contributed by atoms with Crippen LogP contribution < -0.4 is 10.1 Å². The van der Waals surface area contributed by atoms with Crippen LogP contribution in [0.5, 0.6) is 11.6 Å². The van der Waals surface area contributed by atoms with Gasteiger partial charge in [-0.2, -0.15) is 11.8 Å². The van der Waals surface area contributed by atoms with E-state index in [1.807, 2.05) is 6.26 Å². The molecule has 0 fully saturated rings. The van der Waals surface area contributed by atoms with Gasteiger partial charge in [-0.05, 0) is 30.5 Å². The molecule has 0 saturated carbocycles. The fourth-order valence-electron chi connectivity index (χ4n) is 1.42. The number of nitrogens with zero attached hydrogens (tertiary/aromatic N) is 2. The van der Waals surface area contributed by atoms with E-state index in [1.165, 1.54) is 24.3 Å². The Morgan fingerprint density at radius 3 is 2.80 bits per heavy atom. The van der Waals surface area contributed by atoms with E-state index in [0.717, 1.165) is 0 Å². The maximum atomic E-state index is 11.4. The number of carbonyl (C=O) groups excluding carboxylic acids is 1. The second kappa shape index (κ2) is 7.12. The zero-order valence-corrected chi connectivity index (χ0v) is 12.2. The molecule has 1 heterocycles. The number of carbonyl (C=O) groups is 1. The summed E-state index contributed by atoms with van der Waals surface area (Å²) in [6.07, 6.45) is 4.70. The van der Waals surface area contributed by atoms with E-state index in [9.17, 15) is 4.79 Å². The van der Waals surface area contributed by atoms with Gasteiger partial charge in [-0.1, -0.05) is 11.6 Å². The Morgan fingerprint density at radius 2 is 2.15 bits per heavy atom. The van der Waals surface area contributed by atoms with Gasteiger partial charge >= 0.3 is 0 Å². The van der Waals surface area contributed by atoms with Crippen molar-refractivity contribution in [2.45, 2.75) is 0 Å². The summed E-state index contributed by atoms with van der Waals surface area (Å²) in [5.74, 6) is 1.26. The van der Waals surface area contributed by atoms with Gasteiger partial charge in [0, 0.05) is 5.69 Å². The lowest BCUT2D eigenvalue weighted by Gasteiger charge is -2.07. The quantitative estimate of drug-likeness (QED) is 0.918. The monoisotopic (exact) mass is 309 g/mol. The van der Waals surface area contributed by atoms with Gasteiger partial charge in [0.15, 0.2) is 0 Å². The van der Waals surface area contributed by atoms with Crippen molar-refractivity contribution in [3.8, 4) is 11.6 Å². The minimum absolute atomic E-state index is 0.0370. The highest BCUT2D eigenvalue weighted by atomic mass is 35.5. The Labute approximate surface area is 125 Å². The van der Waals surface area contributed by atoms with Crippen molar-refractivity contribution < 1.29 is 9.53 Å². The van der Waals surface area contributed by atoms with Crippen LogP contribution in [0.2, 0.25) is 5.02 Å². The topological polar surface area (TPSA) is 64.1 Å². The van der Waals surface area contributed by atoms with E-state index < -0.39 is 0 Å². The molecule has 0 atom stereocenters. The molecule has 0 spiro atoms. The summed E-state index contributed by atoms with van der Waals surface area (Å²) in [4.78, 5) is 19.1. The van der Waals surface area contributed by atoms with E-state index in [4.69, 9.17) is 16.3 Å². The molecule has 0 aliphatic heterocycles. The average molecular weight is 310 g/mol. The lowest BCUT2D eigenvalue weighted by molar-refractivity contribution is -0.113. The summed E-state index contributed by atoms with van der Waals surface area (Å²) in [5, 5.41) is 3.12. The van der Waals surface area contributed by atoms with Crippen LogP contribution in [0.4, 0.5) is 5.69 Å². The molecule has 0 aliphatic carbocycles. The Morgan fingerprint density at radius 1 is 1.40 bits per heavy atom. The number of benzene rings is 1. The molecule has 0 bridgehead atoms. The molecule has 20 heavy (non-hydrogen) atoms. The predicted octanol–water partition coefficient (Wildman–Crippen LogP) is 3.22. The number of ether oxygens (including phenoxy) is 1. The first-order valence-electron chi connectivity index (χ1n) is 5.71. The van der Waals surface area contributed by atoms with Crippen molar-refractivity contribution in [2.24, 2.45) is 0 Å². The molecule has 0 aliphatic rings. The number of hydrogen-bond donors (Lipinski definition) is 1. The van der Waals surface area contributed by atoms with Crippen LogP contribution in [-0.4, -0.2) is 27.9 Å². The minimum atomic E-state index is -0.0370. The molecule has 7 heteroatoms. The average Bonchev–Trinajstić information content (AvgIpc) is 2.44. The molecule has 1 aromatic carbocycles. The summed E-state index contributed by atoms with van der Waals surface area (Å²) in [6.45, 7) is 0. The first kappa shape index (κ1) is 14.6. The van der Waals surface area contributed by atoms with Gasteiger partial charge in [-0.3, -0.25) is 4.79 Å². The van der Waals surface area contributed by atoms with Crippen LogP contribution in [0.3, 0.4) is 0 Å². The predicted molar refractivity (Wildman–Crippen MR) is 80.6 cm³/mol. The van der Waals surface area contributed by atoms with E-state index >= 15 is 0 Å². The third kappa shape index (κ3) is 4.11. The summed E-state index contributed by atoms with van der Waals surface area (Å²) in [7, 11) is 0. The van der Waals surface area contributed by atoms with Crippen molar-refractivity contribution >= 4 is 35.0 Å². The molecule has 2 aromatic rings. The summed E-state index contributed by atoms with van der Waals surface area (Å²) in [5.41, 5.74) is 0.713. The fraction of sp³-hybridized carbons (Fsp3) is 0.154. The first-order valence-corrected chi connectivity index (χ1v) is 7.48. The zero-order valence-electron chi connectivity index (χ0n) is 10.7. The molecule has 1 N–H and O–H groups in total. The number of halogens is 1. The van der Waals surface area contributed by atoms with Crippen molar-refractivity contribution in [3.63, 3.8) is 0 Å². The number of anilines is 1. The first-order chi connectivity index (χ1) is 9.69. The highest BCUT2D eigenvalue weighted by Gasteiger charge is 2.05. The van der Waals surface area contributed by atoms with Gasteiger partial charge in [0.2, 0.25) is 11.8 Å². The van der Waals surface area contributed by atoms with E-state index in [0.29, 0.717) is 28.1 Å². The second-order valence-electron chi connectivity index (χ2n) is 3.78. The van der Waals surface area contributed by atoms with E-state index in [1.54, 1.807) is 24.3 Å². The van der Waals surface area contributed by atoms with E-state index in [-0.39, 0.29) is 5.91 Å². The Bertz CT molecular complexity index is 592. The van der Waals surface area contributed by atoms with E-state index in [2.05, 4.69) is 15.3 Å². The summed E-state index contributed by atoms with van der Waals surface area (Å²) in [6, 6.07) is 6.96. The van der Waals surface area contributed by atoms with Crippen LogP contribution in [0.15, 0.2) is 36.8 Å². The van der Waals surface area contributed by atoms with Crippen molar-refractivity contribution in [2.75, 3.05) is 17.3 Å². The largest absolute Gasteiger partial charge is 0.437 e. The SMILES string of the molecule is CSCC(=O)Nc1ccc(Oc2ncncc2Cl)cc1. The zero-order chi connectivity index (χ0) is 14.4. The highest BCUT2D eigenvalue weighted by molar-refractivity contribution is 7.99. The van der Waals surface area contributed by atoms with Crippen LogP contribution in [0, 0.1) is 0 Å². The van der Waals surface area contributed by atoms with Gasteiger partial charge in [0.25, 0.3) is 0 Å². The Balaban J connectivity index is 2.02. The van der Waals surface area contributed by atoms with Crippen LogP contribution >= 0.6 is 23.4 Å². The maximum absolute atomic E-state index is 11.4. The molecular weight excluding hydrogens is 298 g/mol. The number of hydrogen-bond acceptors (Lipinski definition) is 5. The summed E-state index contributed by atoms with van der Waals surface area (Å²) < 4.78 is 5.52. The van der Waals surface area contributed by atoms with Gasteiger partial charge in [0.05, 0.1) is 11.9 Å². The summed E-state index contributed by atoms with van der Waals surface area (Å²) >= 11 is 7.37. The smallest absolute Gasteiger partial charge is 0.241 e. The van der Waals surface area contributed by atoms with Crippen molar-refractivity contribution in [1.29, 1.82) is 0 Å². The van der Waals surface area contributed by atoms with Crippen LogP contribution in [0.25, 0.3) is 0 Å². The Kier molecular flexibility index (Phi) is 5.20. The highest BCUT2D eigenvalue weighted by Crippen LogP contribution is 2.26. The molecule has 0 radical (unpaired) electrons. The minimum Gasteiger partial charge on any atom is -0.437 e. The second-order valence-corrected chi connectivity index (χ2v) is 5.06. The normalized spacial score (nSPS) is 10.1. The lowest BCUT2D eigenvalue weighted by Crippen LogP contribution is -2.13. The lowest BCUT2D eigenvalue weighted by atomic mass is 10.3. The van der Waals surface area contributed by atoms with Crippen LogP contribution in [-0.2, 0) is 4.79 Å². The molecule has 2 rings (SSSR count). The number of rotatable bonds is 5. The van der Waals surface area contributed by atoms with Crippen molar-refractivity contribution in [3.05, 3.63) is 41.8 Å². The van der Waals surface area contributed by atoms with Crippen molar-refractivity contribution in [1.82, 2.24) is 9.97 Å². The number of nitrogens with one attached hydrogen (secondary N) is 1. The standard InChI is InChI=1S/C13H12ClN3O2S/c1-20-7-12(18)17-9-2-4-10(5-3-9)19-13-11(14)6-15-8-16-13/h2-6,8H,7H2,1H3,(H,17,18).